The van der Waals surface area contributed by atoms with Gasteiger partial charge in [0.05, 0.1) is 25.9 Å². The van der Waals surface area contributed by atoms with E-state index in [1.54, 1.807) is 18.0 Å². The minimum atomic E-state index is -2.76. The largest absolute Gasteiger partial charge is 0.497 e. The number of aromatic nitrogens is 2. The Bertz CT molecular complexity index is 798. The Morgan fingerprint density at radius 2 is 2.00 bits per heavy atom. The number of ether oxygens (including phenoxy) is 1. The molecule has 0 N–H and O–H groups in total. The predicted molar refractivity (Wildman–Crippen MR) is 89.9 cm³/mol. The number of carbonyl (C=O) groups is 1. The fraction of sp³-hybridized carbons (Fsp3) is 0.444. The lowest BCUT2D eigenvalue weighted by Crippen LogP contribution is -2.61. The Labute approximate surface area is 149 Å². The highest BCUT2D eigenvalue weighted by Crippen LogP contribution is 2.31. The van der Waals surface area contributed by atoms with Crippen molar-refractivity contribution < 1.29 is 18.3 Å². The van der Waals surface area contributed by atoms with Gasteiger partial charge in [-0.1, -0.05) is 12.1 Å². The van der Waals surface area contributed by atoms with Crippen LogP contribution in [0.4, 0.5) is 8.78 Å². The van der Waals surface area contributed by atoms with E-state index in [-0.39, 0.29) is 5.91 Å². The number of fused-ring (bicyclic) bond motifs is 1. The van der Waals surface area contributed by atoms with Crippen LogP contribution >= 0.6 is 0 Å². The number of carbonyl (C=O) groups excluding carboxylic acids is 1. The van der Waals surface area contributed by atoms with Crippen molar-refractivity contribution in [2.45, 2.75) is 25.1 Å². The van der Waals surface area contributed by atoms with Gasteiger partial charge in [0, 0.05) is 25.8 Å². The number of rotatable bonds is 4. The molecule has 1 atom stereocenters. The van der Waals surface area contributed by atoms with Crippen molar-refractivity contribution in [3.05, 3.63) is 47.8 Å². The van der Waals surface area contributed by atoms with E-state index in [4.69, 9.17) is 4.74 Å². The predicted octanol–water partition coefficient (Wildman–Crippen LogP) is 1.93. The van der Waals surface area contributed by atoms with Crippen LogP contribution in [0.1, 0.15) is 17.3 Å². The molecule has 0 unspecified atom stereocenters. The number of hydrogen-bond acceptors (Lipinski definition) is 4. The van der Waals surface area contributed by atoms with Gasteiger partial charge in [-0.15, -0.1) is 0 Å². The molecule has 1 fully saturated rings. The molecule has 2 aliphatic heterocycles. The van der Waals surface area contributed by atoms with Crippen LogP contribution in [0.15, 0.2) is 36.5 Å². The maximum atomic E-state index is 13.1. The van der Waals surface area contributed by atoms with Gasteiger partial charge >= 0.3 is 0 Å². The van der Waals surface area contributed by atoms with Gasteiger partial charge in [0.1, 0.15) is 11.8 Å². The number of benzene rings is 1. The molecule has 0 bridgehead atoms. The number of hydrogen-bond donors (Lipinski definition) is 0. The molecule has 6 nitrogen and oxygen atoms in total. The van der Waals surface area contributed by atoms with Gasteiger partial charge < -0.3 is 9.64 Å². The molecule has 0 saturated carbocycles. The van der Waals surface area contributed by atoms with Crippen molar-refractivity contribution in [2.24, 2.45) is 0 Å². The summed E-state index contributed by atoms with van der Waals surface area (Å²) in [6, 6.07) is 9.06. The molecule has 0 aliphatic carbocycles. The Morgan fingerprint density at radius 1 is 1.27 bits per heavy atom. The standard InChI is InChI=1S/C18H20F2N4O2/c1-26-15-4-2-13(3-5-15)8-22-9-14-6-7-21-24(14)16(10-22)17(25)23-11-18(19,20)12-23/h2-7,16H,8-12H2,1H3/t16-/m0/s1. The summed E-state index contributed by atoms with van der Waals surface area (Å²) >= 11 is 0. The van der Waals surface area contributed by atoms with E-state index in [9.17, 15) is 13.6 Å². The van der Waals surface area contributed by atoms with Crippen molar-refractivity contribution in [1.29, 1.82) is 0 Å². The van der Waals surface area contributed by atoms with Gasteiger partial charge in [0.2, 0.25) is 5.91 Å². The average Bonchev–Trinajstić information content (AvgIpc) is 3.07. The van der Waals surface area contributed by atoms with Gasteiger partial charge in [-0.2, -0.15) is 5.10 Å². The Kier molecular flexibility index (Phi) is 4.14. The first-order chi connectivity index (χ1) is 12.4. The van der Waals surface area contributed by atoms with E-state index >= 15 is 0 Å². The normalized spacial score (nSPS) is 21.8. The minimum absolute atomic E-state index is 0.291. The van der Waals surface area contributed by atoms with E-state index < -0.39 is 25.1 Å². The summed E-state index contributed by atoms with van der Waals surface area (Å²) in [6.45, 7) is 0.761. The fourth-order valence-corrected chi connectivity index (χ4v) is 3.53. The number of alkyl halides is 2. The zero-order valence-corrected chi connectivity index (χ0v) is 14.4. The summed E-state index contributed by atoms with van der Waals surface area (Å²) in [5, 5.41) is 4.24. The van der Waals surface area contributed by atoms with Crippen molar-refractivity contribution in [1.82, 2.24) is 19.6 Å². The maximum absolute atomic E-state index is 13.1. The monoisotopic (exact) mass is 362 g/mol. The number of nitrogens with zero attached hydrogens (tertiary/aromatic N) is 4. The van der Waals surface area contributed by atoms with E-state index in [2.05, 4.69) is 10.00 Å². The third kappa shape index (κ3) is 3.16. The third-order valence-corrected chi connectivity index (χ3v) is 4.87. The first kappa shape index (κ1) is 17.0. The van der Waals surface area contributed by atoms with Crippen LogP contribution in [0.3, 0.4) is 0 Å². The lowest BCUT2D eigenvalue weighted by Gasteiger charge is -2.42. The highest BCUT2D eigenvalue weighted by atomic mass is 19.3. The van der Waals surface area contributed by atoms with Crippen LogP contribution in [0.2, 0.25) is 0 Å². The number of halogens is 2. The zero-order chi connectivity index (χ0) is 18.3. The van der Waals surface area contributed by atoms with Crippen molar-refractivity contribution in [2.75, 3.05) is 26.7 Å². The number of methoxy groups -OCH3 is 1. The summed E-state index contributed by atoms with van der Waals surface area (Å²) in [4.78, 5) is 16.1. The molecular weight excluding hydrogens is 342 g/mol. The quantitative estimate of drug-likeness (QED) is 0.834. The average molecular weight is 362 g/mol. The molecule has 1 aromatic heterocycles. The smallest absolute Gasteiger partial charge is 0.282 e. The van der Waals surface area contributed by atoms with Crippen molar-refractivity contribution in [3.8, 4) is 5.75 Å². The van der Waals surface area contributed by atoms with E-state index in [0.29, 0.717) is 19.6 Å². The van der Waals surface area contributed by atoms with Gasteiger partial charge in [-0.3, -0.25) is 14.4 Å². The molecule has 1 amide bonds. The Morgan fingerprint density at radius 3 is 2.65 bits per heavy atom. The van der Waals surface area contributed by atoms with Crippen molar-refractivity contribution in [3.63, 3.8) is 0 Å². The molecule has 0 radical (unpaired) electrons. The van der Waals surface area contributed by atoms with E-state index in [1.807, 2.05) is 30.3 Å². The SMILES string of the molecule is COc1ccc(CN2Cc3ccnn3[C@H](C(=O)N3CC(F)(F)C3)C2)cc1. The van der Waals surface area contributed by atoms with E-state index in [0.717, 1.165) is 17.0 Å². The third-order valence-electron chi connectivity index (χ3n) is 4.87. The molecule has 8 heteroatoms. The summed E-state index contributed by atoms with van der Waals surface area (Å²) in [6.07, 6.45) is 1.65. The van der Waals surface area contributed by atoms with Crippen LogP contribution in [0, 0.1) is 0 Å². The summed E-state index contributed by atoms with van der Waals surface area (Å²) in [7, 11) is 1.62. The highest BCUT2D eigenvalue weighted by Gasteiger charge is 2.48. The maximum Gasteiger partial charge on any atom is 0.282 e. The summed E-state index contributed by atoms with van der Waals surface area (Å²) in [5.74, 6) is -2.27. The second-order valence-corrected chi connectivity index (χ2v) is 6.85. The van der Waals surface area contributed by atoms with Crippen LogP contribution in [-0.2, 0) is 17.9 Å². The van der Waals surface area contributed by atoms with Crippen LogP contribution < -0.4 is 4.74 Å². The molecule has 3 heterocycles. The van der Waals surface area contributed by atoms with Gasteiger partial charge in [-0.05, 0) is 23.8 Å². The topological polar surface area (TPSA) is 50.6 Å². The van der Waals surface area contributed by atoms with Gasteiger partial charge in [0.15, 0.2) is 0 Å². The molecular formula is C18H20F2N4O2. The lowest BCUT2D eigenvalue weighted by atomic mass is 10.1. The van der Waals surface area contributed by atoms with Crippen LogP contribution in [-0.4, -0.2) is 58.2 Å². The Hall–Kier alpha value is -2.48. The number of amides is 1. The molecule has 26 heavy (non-hydrogen) atoms. The van der Waals surface area contributed by atoms with Crippen LogP contribution in [0.25, 0.3) is 0 Å². The molecule has 1 saturated heterocycles. The summed E-state index contributed by atoms with van der Waals surface area (Å²) in [5.41, 5.74) is 2.01. The fourth-order valence-electron chi connectivity index (χ4n) is 3.53. The van der Waals surface area contributed by atoms with Gasteiger partial charge in [0.25, 0.3) is 5.92 Å². The van der Waals surface area contributed by atoms with Crippen LogP contribution in [0.5, 0.6) is 5.75 Å². The molecule has 2 aliphatic rings. The molecule has 2 aromatic rings. The first-order valence-corrected chi connectivity index (χ1v) is 8.49. The Balaban J connectivity index is 1.49. The minimum Gasteiger partial charge on any atom is -0.497 e. The van der Waals surface area contributed by atoms with Crippen molar-refractivity contribution >= 4 is 5.91 Å². The molecule has 138 valence electrons. The molecule has 1 aromatic carbocycles. The highest BCUT2D eigenvalue weighted by molar-refractivity contribution is 5.82. The van der Waals surface area contributed by atoms with E-state index in [1.165, 1.54) is 4.90 Å². The molecule has 4 rings (SSSR count). The first-order valence-electron chi connectivity index (χ1n) is 8.49. The second kappa shape index (κ2) is 6.35. The molecule has 0 spiro atoms. The van der Waals surface area contributed by atoms with Gasteiger partial charge in [-0.25, -0.2) is 8.78 Å². The summed E-state index contributed by atoms with van der Waals surface area (Å²) < 4.78 is 33.1. The lowest BCUT2D eigenvalue weighted by molar-refractivity contribution is -0.170. The zero-order valence-electron chi connectivity index (χ0n) is 14.4. The second-order valence-electron chi connectivity index (χ2n) is 6.85. The number of likely N-dealkylation sites (tertiary alicyclic amines) is 1.